The van der Waals surface area contributed by atoms with Crippen LogP contribution in [-0.2, 0) is 14.8 Å². The highest BCUT2D eigenvalue weighted by Crippen LogP contribution is 2.21. The van der Waals surface area contributed by atoms with Gasteiger partial charge in [-0.3, -0.25) is 9.69 Å². The summed E-state index contributed by atoms with van der Waals surface area (Å²) in [6.45, 7) is 1.33. The van der Waals surface area contributed by atoms with Gasteiger partial charge in [-0.2, -0.15) is 0 Å². The molecule has 1 heterocycles. The van der Waals surface area contributed by atoms with E-state index in [-0.39, 0.29) is 15.4 Å². The maximum atomic E-state index is 10.9. The summed E-state index contributed by atoms with van der Waals surface area (Å²) < 4.78 is 21.3. The zero-order valence-electron chi connectivity index (χ0n) is 7.46. The van der Waals surface area contributed by atoms with Crippen molar-refractivity contribution in [2.75, 3.05) is 11.9 Å². The summed E-state index contributed by atoms with van der Waals surface area (Å²) in [5.74, 6) is -0.262. The van der Waals surface area contributed by atoms with Crippen LogP contribution in [-0.4, -0.2) is 31.6 Å². The van der Waals surface area contributed by atoms with Crippen molar-refractivity contribution in [1.82, 2.24) is 10.2 Å². The maximum Gasteiger partial charge on any atom is 0.267 e. The Hall–Kier alpha value is -1.06. The standard InChI is InChI=1S/C5H8N4O3S2/c1-3(10)9(2)4-7-8-5(13-4)14(6,11)12/h1-2H3,(H2,6,11,12). The lowest BCUT2D eigenvalue weighted by molar-refractivity contribution is -0.116. The number of amides is 1. The zero-order valence-corrected chi connectivity index (χ0v) is 9.09. The highest BCUT2D eigenvalue weighted by Gasteiger charge is 2.18. The van der Waals surface area contributed by atoms with Crippen molar-refractivity contribution in [2.24, 2.45) is 5.14 Å². The summed E-state index contributed by atoms with van der Waals surface area (Å²) in [4.78, 5) is 12.1. The lowest BCUT2D eigenvalue weighted by Crippen LogP contribution is -2.22. The summed E-state index contributed by atoms with van der Waals surface area (Å²) >= 11 is 0.746. The van der Waals surface area contributed by atoms with E-state index in [9.17, 15) is 13.2 Å². The van der Waals surface area contributed by atoms with E-state index in [2.05, 4.69) is 10.2 Å². The van der Waals surface area contributed by atoms with E-state index in [1.807, 2.05) is 0 Å². The number of primary sulfonamides is 1. The third kappa shape index (κ3) is 2.25. The Morgan fingerprint density at radius 3 is 2.43 bits per heavy atom. The highest BCUT2D eigenvalue weighted by molar-refractivity contribution is 7.91. The van der Waals surface area contributed by atoms with E-state index in [1.165, 1.54) is 18.9 Å². The Balaban J connectivity index is 3.06. The minimum atomic E-state index is -3.83. The Morgan fingerprint density at radius 2 is 2.07 bits per heavy atom. The summed E-state index contributed by atoms with van der Waals surface area (Å²) in [5, 5.41) is 11.9. The molecule has 0 fully saturated rings. The van der Waals surface area contributed by atoms with Gasteiger partial charge in [0.2, 0.25) is 15.4 Å². The molecule has 0 aliphatic heterocycles. The van der Waals surface area contributed by atoms with Crippen LogP contribution in [0.25, 0.3) is 0 Å². The van der Waals surface area contributed by atoms with E-state index >= 15 is 0 Å². The topological polar surface area (TPSA) is 106 Å². The zero-order chi connectivity index (χ0) is 10.9. The molecule has 0 spiro atoms. The van der Waals surface area contributed by atoms with Crippen LogP contribution in [0.5, 0.6) is 0 Å². The lowest BCUT2D eigenvalue weighted by Gasteiger charge is -2.07. The van der Waals surface area contributed by atoms with E-state index < -0.39 is 10.0 Å². The molecule has 78 valence electrons. The molecule has 0 atom stereocenters. The molecule has 14 heavy (non-hydrogen) atoms. The number of hydrogen-bond donors (Lipinski definition) is 1. The van der Waals surface area contributed by atoms with Crippen molar-refractivity contribution < 1.29 is 13.2 Å². The SMILES string of the molecule is CC(=O)N(C)c1nnc(S(N)(=O)=O)s1. The predicted octanol–water partition coefficient (Wildman–Crippen LogP) is -0.832. The van der Waals surface area contributed by atoms with Gasteiger partial charge in [0, 0.05) is 14.0 Å². The van der Waals surface area contributed by atoms with Crippen LogP contribution in [0.3, 0.4) is 0 Å². The molecule has 0 aromatic carbocycles. The van der Waals surface area contributed by atoms with Gasteiger partial charge < -0.3 is 0 Å². The lowest BCUT2D eigenvalue weighted by atomic mass is 10.6. The minimum Gasteiger partial charge on any atom is -0.290 e. The fraction of sp³-hybridized carbons (Fsp3) is 0.400. The van der Waals surface area contributed by atoms with Gasteiger partial charge >= 0.3 is 0 Å². The highest BCUT2D eigenvalue weighted by atomic mass is 32.2. The second kappa shape index (κ2) is 3.59. The van der Waals surface area contributed by atoms with Gasteiger partial charge in [-0.15, -0.1) is 10.2 Å². The third-order valence-electron chi connectivity index (χ3n) is 1.40. The van der Waals surface area contributed by atoms with Gasteiger partial charge in [-0.05, 0) is 0 Å². The molecule has 0 aliphatic rings. The fourth-order valence-electron chi connectivity index (χ4n) is 0.588. The Kier molecular flexibility index (Phi) is 2.83. The average Bonchev–Trinajstić information content (AvgIpc) is 2.49. The number of rotatable bonds is 2. The number of carbonyl (C=O) groups excluding carboxylic acids is 1. The van der Waals surface area contributed by atoms with Crippen molar-refractivity contribution in [3.63, 3.8) is 0 Å². The van der Waals surface area contributed by atoms with Crippen LogP contribution >= 0.6 is 11.3 Å². The molecule has 0 saturated carbocycles. The number of sulfonamides is 1. The molecule has 0 unspecified atom stereocenters. The van der Waals surface area contributed by atoms with Gasteiger partial charge in [-0.1, -0.05) is 11.3 Å². The number of nitrogens with zero attached hydrogens (tertiary/aromatic N) is 3. The van der Waals surface area contributed by atoms with Gasteiger partial charge in [0.1, 0.15) is 0 Å². The molecule has 1 aromatic heterocycles. The summed E-state index contributed by atoms with van der Waals surface area (Å²) in [7, 11) is -2.37. The first kappa shape index (κ1) is 11.0. The van der Waals surface area contributed by atoms with Crippen LogP contribution < -0.4 is 10.0 Å². The monoisotopic (exact) mass is 236 g/mol. The molecule has 7 nitrogen and oxygen atoms in total. The molecule has 2 N–H and O–H groups in total. The molecule has 0 bridgehead atoms. The third-order valence-corrected chi connectivity index (χ3v) is 3.71. The van der Waals surface area contributed by atoms with Gasteiger partial charge in [-0.25, -0.2) is 13.6 Å². The molecular weight excluding hydrogens is 228 g/mol. The number of hydrogen-bond acceptors (Lipinski definition) is 6. The molecule has 9 heteroatoms. The Bertz CT molecular complexity index is 451. The van der Waals surface area contributed by atoms with Gasteiger partial charge in [0.05, 0.1) is 0 Å². The van der Waals surface area contributed by atoms with Crippen molar-refractivity contribution in [3.8, 4) is 0 Å². The van der Waals surface area contributed by atoms with Crippen LogP contribution in [0.15, 0.2) is 4.34 Å². The van der Waals surface area contributed by atoms with Crippen LogP contribution in [0, 0.1) is 0 Å². The summed E-state index contributed by atoms with van der Waals surface area (Å²) in [6, 6.07) is 0. The Labute approximate surface area is 84.6 Å². The smallest absolute Gasteiger partial charge is 0.267 e. The average molecular weight is 236 g/mol. The number of anilines is 1. The maximum absolute atomic E-state index is 10.9. The quantitative estimate of drug-likeness (QED) is 0.674. The van der Waals surface area contributed by atoms with Gasteiger partial charge in [0.15, 0.2) is 0 Å². The normalized spacial score (nSPS) is 11.4. The Morgan fingerprint density at radius 1 is 1.50 bits per heavy atom. The molecule has 0 radical (unpaired) electrons. The second-order valence-corrected chi connectivity index (χ2v) is 5.16. The van der Waals surface area contributed by atoms with Crippen LogP contribution in [0.1, 0.15) is 6.92 Å². The number of nitrogens with two attached hydrogens (primary N) is 1. The first-order chi connectivity index (χ1) is 6.32. The van der Waals surface area contributed by atoms with Gasteiger partial charge in [0.25, 0.3) is 10.0 Å². The molecule has 0 aliphatic carbocycles. The summed E-state index contributed by atoms with van der Waals surface area (Å²) in [5.41, 5.74) is 0. The van der Waals surface area contributed by atoms with Crippen molar-refractivity contribution in [1.29, 1.82) is 0 Å². The first-order valence-corrected chi connectivity index (χ1v) is 5.79. The van der Waals surface area contributed by atoms with E-state index in [4.69, 9.17) is 5.14 Å². The van der Waals surface area contributed by atoms with E-state index in [1.54, 1.807) is 0 Å². The molecule has 1 rings (SSSR count). The molecule has 0 saturated heterocycles. The van der Waals surface area contributed by atoms with Crippen LogP contribution in [0.4, 0.5) is 5.13 Å². The predicted molar refractivity (Wildman–Crippen MR) is 50.4 cm³/mol. The fourth-order valence-corrected chi connectivity index (χ4v) is 2.02. The molecule has 1 aromatic rings. The minimum absolute atomic E-state index is 0.196. The van der Waals surface area contributed by atoms with E-state index in [0.29, 0.717) is 0 Å². The largest absolute Gasteiger partial charge is 0.290 e. The first-order valence-electron chi connectivity index (χ1n) is 3.43. The van der Waals surface area contributed by atoms with Crippen molar-refractivity contribution >= 4 is 32.4 Å². The van der Waals surface area contributed by atoms with Crippen LogP contribution in [0.2, 0.25) is 0 Å². The second-order valence-electron chi connectivity index (χ2n) is 2.47. The number of aromatic nitrogens is 2. The number of carbonyl (C=O) groups is 1. The van der Waals surface area contributed by atoms with E-state index in [0.717, 1.165) is 11.3 Å². The molecular formula is C5H8N4O3S2. The summed E-state index contributed by atoms with van der Waals surface area (Å²) in [6.07, 6.45) is 0. The molecule has 1 amide bonds. The van der Waals surface area contributed by atoms with Crippen molar-refractivity contribution in [2.45, 2.75) is 11.3 Å². The van der Waals surface area contributed by atoms with Crippen molar-refractivity contribution in [3.05, 3.63) is 0 Å².